The zero-order chi connectivity index (χ0) is 24.9. The summed E-state index contributed by atoms with van der Waals surface area (Å²) in [6.45, 7) is 6.42. The third-order valence-electron chi connectivity index (χ3n) is 5.56. The number of methoxy groups -OCH3 is 3. The van der Waals surface area contributed by atoms with Gasteiger partial charge in [-0.15, -0.1) is 0 Å². The predicted octanol–water partition coefficient (Wildman–Crippen LogP) is 3.94. The minimum absolute atomic E-state index is 0.226. The van der Waals surface area contributed by atoms with Crippen molar-refractivity contribution in [3.05, 3.63) is 47.5 Å². The molecule has 3 rings (SSSR count). The SMILES string of the molecule is COc1ccccc1NC(=O)N1CCc2cc(OC)c(OC)cc2[C@@H]1CNC(=O)NC(C)(C)C. The summed E-state index contributed by atoms with van der Waals surface area (Å²) in [4.78, 5) is 27.6. The highest BCUT2D eigenvalue weighted by Crippen LogP contribution is 2.38. The van der Waals surface area contributed by atoms with Gasteiger partial charge in [0, 0.05) is 18.6 Å². The van der Waals surface area contributed by atoms with E-state index in [1.54, 1.807) is 38.4 Å². The van der Waals surface area contributed by atoms with Gasteiger partial charge in [-0.25, -0.2) is 9.59 Å². The van der Waals surface area contributed by atoms with E-state index < -0.39 is 6.04 Å². The van der Waals surface area contributed by atoms with E-state index in [4.69, 9.17) is 14.2 Å². The van der Waals surface area contributed by atoms with Crippen LogP contribution < -0.4 is 30.2 Å². The first-order chi connectivity index (χ1) is 16.2. The molecule has 0 aromatic heterocycles. The normalized spacial score (nSPS) is 15.1. The molecule has 2 aromatic carbocycles. The molecule has 1 atom stereocenters. The zero-order valence-corrected chi connectivity index (χ0v) is 20.7. The van der Waals surface area contributed by atoms with E-state index in [1.807, 2.05) is 45.0 Å². The number of urea groups is 2. The number of hydrogen-bond donors (Lipinski definition) is 3. The maximum atomic E-state index is 13.4. The number of carbonyl (C=O) groups is 2. The maximum Gasteiger partial charge on any atom is 0.322 e. The summed E-state index contributed by atoms with van der Waals surface area (Å²) in [5.41, 5.74) is 2.13. The first kappa shape index (κ1) is 25.0. The van der Waals surface area contributed by atoms with Gasteiger partial charge < -0.3 is 35.1 Å². The average molecular weight is 471 g/mol. The lowest BCUT2D eigenvalue weighted by Crippen LogP contribution is -2.51. The zero-order valence-electron chi connectivity index (χ0n) is 20.7. The highest BCUT2D eigenvalue weighted by Gasteiger charge is 2.33. The summed E-state index contributed by atoms with van der Waals surface area (Å²) in [5.74, 6) is 1.77. The third-order valence-corrected chi connectivity index (χ3v) is 5.56. The smallest absolute Gasteiger partial charge is 0.322 e. The maximum absolute atomic E-state index is 13.4. The quantitative estimate of drug-likeness (QED) is 0.594. The van der Waals surface area contributed by atoms with Gasteiger partial charge in [0.25, 0.3) is 0 Å². The van der Waals surface area contributed by atoms with Crippen molar-refractivity contribution in [1.29, 1.82) is 0 Å². The number of nitrogens with zero attached hydrogens (tertiary/aromatic N) is 1. The molecular weight excluding hydrogens is 436 g/mol. The fourth-order valence-electron chi connectivity index (χ4n) is 4.00. The van der Waals surface area contributed by atoms with Crippen LogP contribution in [0.1, 0.15) is 37.9 Å². The lowest BCUT2D eigenvalue weighted by atomic mass is 9.92. The van der Waals surface area contributed by atoms with Crippen molar-refractivity contribution in [2.45, 2.75) is 38.8 Å². The predicted molar refractivity (Wildman–Crippen MR) is 131 cm³/mol. The van der Waals surface area contributed by atoms with Crippen LogP contribution in [-0.4, -0.2) is 56.9 Å². The van der Waals surface area contributed by atoms with Gasteiger partial charge in [-0.05, 0) is 62.6 Å². The van der Waals surface area contributed by atoms with E-state index in [0.717, 1.165) is 11.1 Å². The van der Waals surface area contributed by atoms with E-state index in [-0.39, 0.29) is 24.1 Å². The van der Waals surface area contributed by atoms with Crippen molar-refractivity contribution in [3.8, 4) is 17.2 Å². The molecule has 0 saturated heterocycles. The number of hydrogen-bond acceptors (Lipinski definition) is 5. The number of anilines is 1. The van der Waals surface area contributed by atoms with Gasteiger partial charge >= 0.3 is 12.1 Å². The molecule has 0 saturated carbocycles. The lowest BCUT2D eigenvalue weighted by molar-refractivity contribution is 0.178. The fraction of sp³-hybridized carbons (Fsp3) is 0.440. The monoisotopic (exact) mass is 470 g/mol. The summed E-state index contributed by atoms with van der Waals surface area (Å²) in [5, 5.41) is 8.76. The van der Waals surface area contributed by atoms with Crippen LogP contribution in [-0.2, 0) is 6.42 Å². The minimum Gasteiger partial charge on any atom is -0.495 e. The van der Waals surface area contributed by atoms with Crippen molar-refractivity contribution >= 4 is 17.7 Å². The molecule has 4 amide bonds. The van der Waals surface area contributed by atoms with Crippen LogP contribution in [0.4, 0.5) is 15.3 Å². The molecule has 184 valence electrons. The Kier molecular flexibility index (Phi) is 7.75. The first-order valence-electron chi connectivity index (χ1n) is 11.2. The number of carbonyl (C=O) groups excluding carboxylic acids is 2. The highest BCUT2D eigenvalue weighted by atomic mass is 16.5. The highest BCUT2D eigenvalue weighted by molar-refractivity contribution is 5.91. The molecule has 34 heavy (non-hydrogen) atoms. The average Bonchev–Trinajstić information content (AvgIpc) is 2.80. The van der Waals surface area contributed by atoms with Crippen LogP contribution in [0.25, 0.3) is 0 Å². The van der Waals surface area contributed by atoms with Crippen molar-refractivity contribution in [1.82, 2.24) is 15.5 Å². The Hall–Kier alpha value is -3.62. The largest absolute Gasteiger partial charge is 0.495 e. The molecule has 0 aliphatic carbocycles. The van der Waals surface area contributed by atoms with Crippen LogP contribution in [0.3, 0.4) is 0 Å². The van der Waals surface area contributed by atoms with Gasteiger partial charge in [-0.3, -0.25) is 0 Å². The second kappa shape index (κ2) is 10.5. The van der Waals surface area contributed by atoms with Gasteiger partial charge in [-0.1, -0.05) is 12.1 Å². The van der Waals surface area contributed by atoms with E-state index in [9.17, 15) is 9.59 Å². The molecule has 2 aromatic rings. The Morgan fingerprint density at radius 2 is 1.65 bits per heavy atom. The molecule has 9 nitrogen and oxygen atoms in total. The third kappa shape index (κ3) is 5.84. The summed E-state index contributed by atoms with van der Waals surface area (Å²) >= 11 is 0. The molecular formula is C25H34N4O5. The standard InChI is InChI=1S/C25H34N4O5/c1-25(2,3)28-23(30)26-15-19-17-14-22(34-6)21(33-5)13-16(17)11-12-29(19)24(31)27-18-9-7-8-10-20(18)32-4/h7-10,13-14,19H,11-12,15H2,1-6H3,(H,27,31)(H2,26,28,30)/t19-/m0/s1. The molecule has 0 spiro atoms. The first-order valence-corrected chi connectivity index (χ1v) is 11.2. The van der Waals surface area contributed by atoms with Crippen molar-refractivity contribution in [2.24, 2.45) is 0 Å². The number of benzene rings is 2. The molecule has 1 aliphatic heterocycles. The number of ether oxygens (including phenoxy) is 3. The van der Waals surface area contributed by atoms with Crippen LogP contribution in [0.15, 0.2) is 36.4 Å². The van der Waals surface area contributed by atoms with Gasteiger partial charge in [0.05, 0.1) is 33.1 Å². The summed E-state index contributed by atoms with van der Waals surface area (Å²) < 4.78 is 16.3. The van der Waals surface area contributed by atoms with Crippen LogP contribution in [0, 0.1) is 0 Å². The van der Waals surface area contributed by atoms with Gasteiger partial charge in [0.15, 0.2) is 11.5 Å². The van der Waals surface area contributed by atoms with E-state index in [2.05, 4.69) is 16.0 Å². The minimum atomic E-state index is -0.413. The lowest BCUT2D eigenvalue weighted by Gasteiger charge is -2.38. The van der Waals surface area contributed by atoms with Crippen LogP contribution in [0.2, 0.25) is 0 Å². The number of rotatable bonds is 6. The summed E-state index contributed by atoms with van der Waals surface area (Å²) in [6, 6.07) is 10.1. The number of para-hydroxylation sites is 2. The molecule has 9 heteroatoms. The molecule has 0 bridgehead atoms. The Labute approximate surface area is 200 Å². The van der Waals surface area contributed by atoms with E-state index >= 15 is 0 Å². The number of nitrogens with one attached hydrogen (secondary N) is 3. The number of amides is 4. The Balaban J connectivity index is 1.91. The van der Waals surface area contributed by atoms with Crippen molar-refractivity contribution < 1.29 is 23.8 Å². The second-order valence-corrected chi connectivity index (χ2v) is 9.08. The van der Waals surface area contributed by atoms with Crippen molar-refractivity contribution in [2.75, 3.05) is 39.7 Å². The summed E-state index contributed by atoms with van der Waals surface area (Å²) in [7, 11) is 4.72. The molecule has 1 aliphatic rings. The molecule has 0 unspecified atom stereocenters. The van der Waals surface area contributed by atoms with Crippen molar-refractivity contribution in [3.63, 3.8) is 0 Å². The van der Waals surface area contributed by atoms with Gasteiger partial charge in [-0.2, -0.15) is 0 Å². The second-order valence-electron chi connectivity index (χ2n) is 9.08. The van der Waals surface area contributed by atoms with Crippen LogP contribution in [0.5, 0.6) is 17.2 Å². The van der Waals surface area contributed by atoms with Crippen LogP contribution >= 0.6 is 0 Å². The van der Waals surface area contributed by atoms with E-state index in [0.29, 0.717) is 35.9 Å². The molecule has 3 N–H and O–H groups in total. The Morgan fingerprint density at radius 1 is 1.00 bits per heavy atom. The number of fused-ring (bicyclic) bond motifs is 1. The fourth-order valence-corrected chi connectivity index (χ4v) is 4.00. The summed E-state index contributed by atoms with van der Waals surface area (Å²) in [6.07, 6.45) is 0.639. The Bertz CT molecular complexity index is 1030. The topological polar surface area (TPSA) is 101 Å². The van der Waals surface area contributed by atoms with Gasteiger partial charge in [0.1, 0.15) is 5.75 Å². The molecule has 1 heterocycles. The Morgan fingerprint density at radius 3 is 2.29 bits per heavy atom. The molecule has 0 fully saturated rings. The van der Waals surface area contributed by atoms with E-state index in [1.165, 1.54) is 0 Å². The molecule has 0 radical (unpaired) electrons. The van der Waals surface area contributed by atoms with Gasteiger partial charge in [0.2, 0.25) is 0 Å².